The second-order valence-electron chi connectivity index (χ2n) is 6.22. The molecule has 0 atom stereocenters. The molecule has 0 aliphatic rings. The number of rotatable bonds is 8. The summed E-state index contributed by atoms with van der Waals surface area (Å²) in [5, 5.41) is 0. The third-order valence-electron chi connectivity index (χ3n) is 4.43. The van der Waals surface area contributed by atoms with Gasteiger partial charge in [-0.05, 0) is 56.0 Å². The van der Waals surface area contributed by atoms with Gasteiger partial charge in [-0.2, -0.15) is 0 Å². The number of esters is 1. The Hall–Kier alpha value is -2.82. The molecule has 0 aliphatic heterocycles. The number of ether oxygens (including phenoxy) is 3. The number of carbonyl (C=O) groups excluding carboxylic acids is 2. The van der Waals surface area contributed by atoms with Crippen LogP contribution in [-0.4, -0.2) is 25.5 Å². The van der Waals surface area contributed by atoms with Crippen LogP contribution < -0.4 is 9.47 Å². The predicted molar refractivity (Wildman–Crippen MR) is 104 cm³/mol. The van der Waals surface area contributed by atoms with Gasteiger partial charge in [0.2, 0.25) is 0 Å². The van der Waals surface area contributed by atoms with Crippen molar-refractivity contribution in [2.24, 2.45) is 0 Å². The van der Waals surface area contributed by atoms with Crippen molar-refractivity contribution in [3.63, 3.8) is 0 Å². The summed E-state index contributed by atoms with van der Waals surface area (Å²) < 4.78 is 16.2. The van der Waals surface area contributed by atoms with Gasteiger partial charge in [0, 0.05) is 11.1 Å². The average molecular weight is 370 g/mol. The van der Waals surface area contributed by atoms with E-state index in [-0.39, 0.29) is 12.2 Å². The number of Topliss-reactive ketones (excluding diaryl/α,β-unsaturated/α-hetero) is 1. The van der Waals surface area contributed by atoms with E-state index in [0.29, 0.717) is 17.9 Å². The minimum Gasteiger partial charge on any atom is -0.493 e. The summed E-state index contributed by atoms with van der Waals surface area (Å²) in [6.07, 6.45) is 0.956. The molecule has 0 aliphatic carbocycles. The van der Waals surface area contributed by atoms with Crippen LogP contribution in [0.1, 0.15) is 46.5 Å². The van der Waals surface area contributed by atoms with Gasteiger partial charge in [0.1, 0.15) is 18.1 Å². The minimum atomic E-state index is -0.913. The number of methoxy groups -OCH3 is 1. The molecular weight excluding hydrogens is 344 g/mol. The Morgan fingerprint density at radius 1 is 0.963 bits per heavy atom. The molecule has 0 heterocycles. The Kier molecular flexibility index (Phi) is 6.99. The van der Waals surface area contributed by atoms with Gasteiger partial charge in [0.25, 0.3) is 5.78 Å². The van der Waals surface area contributed by atoms with Gasteiger partial charge in [-0.1, -0.05) is 25.1 Å². The van der Waals surface area contributed by atoms with Crippen LogP contribution in [0.3, 0.4) is 0 Å². The van der Waals surface area contributed by atoms with Gasteiger partial charge >= 0.3 is 5.97 Å². The van der Waals surface area contributed by atoms with Crippen LogP contribution in [-0.2, 0) is 22.6 Å². The molecule has 0 aromatic heterocycles. The summed E-state index contributed by atoms with van der Waals surface area (Å²) in [5.41, 5.74) is 4.21. The van der Waals surface area contributed by atoms with Gasteiger partial charge < -0.3 is 14.2 Å². The lowest BCUT2D eigenvalue weighted by Gasteiger charge is -2.17. The van der Waals surface area contributed by atoms with Crippen molar-refractivity contribution in [2.75, 3.05) is 13.7 Å². The van der Waals surface area contributed by atoms with Crippen molar-refractivity contribution < 1.29 is 23.8 Å². The second-order valence-corrected chi connectivity index (χ2v) is 6.22. The highest BCUT2D eigenvalue weighted by atomic mass is 16.5. The van der Waals surface area contributed by atoms with Gasteiger partial charge in [-0.3, -0.25) is 4.79 Å². The SMILES string of the molecule is CCOc1cccc(C(=O)C(=O)OC)c1COc1cc(C)c(CC)cc1C. The molecule has 0 bridgehead atoms. The van der Waals surface area contributed by atoms with E-state index in [4.69, 9.17) is 9.47 Å². The van der Waals surface area contributed by atoms with Crippen molar-refractivity contribution >= 4 is 11.8 Å². The van der Waals surface area contributed by atoms with Gasteiger partial charge in [-0.25, -0.2) is 4.79 Å². The average Bonchev–Trinajstić information content (AvgIpc) is 2.67. The van der Waals surface area contributed by atoms with E-state index in [9.17, 15) is 9.59 Å². The fourth-order valence-electron chi connectivity index (χ4n) is 2.96. The summed E-state index contributed by atoms with van der Waals surface area (Å²) >= 11 is 0. The number of hydrogen-bond donors (Lipinski definition) is 0. The smallest absolute Gasteiger partial charge is 0.379 e. The van der Waals surface area contributed by atoms with Crippen molar-refractivity contribution in [1.29, 1.82) is 0 Å². The van der Waals surface area contributed by atoms with Crippen LogP contribution in [0.4, 0.5) is 0 Å². The van der Waals surface area contributed by atoms with Gasteiger partial charge in [0.15, 0.2) is 0 Å². The zero-order valence-electron chi connectivity index (χ0n) is 16.5. The van der Waals surface area contributed by atoms with Crippen molar-refractivity contribution in [1.82, 2.24) is 0 Å². The van der Waals surface area contributed by atoms with Crippen LogP contribution in [0.15, 0.2) is 30.3 Å². The topological polar surface area (TPSA) is 61.8 Å². The Morgan fingerprint density at radius 2 is 1.70 bits per heavy atom. The molecule has 0 spiro atoms. The highest BCUT2D eigenvalue weighted by Crippen LogP contribution is 2.28. The van der Waals surface area contributed by atoms with Gasteiger partial charge in [0.05, 0.1) is 13.7 Å². The van der Waals surface area contributed by atoms with Crippen LogP contribution >= 0.6 is 0 Å². The maximum atomic E-state index is 12.4. The molecule has 144 valence electrons. The second kappa shape index (κ2) is 9.21. The van der Waals surface area contributed by atoms with E-state index in [1.54, 1.807) is 18.2 Å². The first kappa shape index (κ1) is 20.5. The lowest BCUT2D eigenvalue weighted by atomic mass is 10.0. The molecule has 0 saturated heterocycles. The van der Waals surface area contributed by atoms with E-state index in [2.05, 4.69) is 17.7 Å². The summed E-state index contributed by atoms with van der Waals surface area (Å²) in [5.74, 6) is -0.365. The Morgan fingerprint density at radius 3 is 2.33 bits per heavy atom. The fourth-order valence-corrected chi connectivity index (χ4v) is 2.96. The van der Waals surface area contributed by atoms with E-state index >= 15 is 0 Å². The molecule has 2 aromatic rings. The first-order chi connectivity index (χ1) is 12.9. The molecule has 0 amide bonds. The number of aryl methyl sites for hydroxylation is 3. The molecule has 0 saturated carbocycles. The first-order valence-corrected chi connectivity index (χ1v) is 9.03. The summed E-state index contributed by atoms with van der Waals surface area (Å²) in [6, 6.07) is 9.13. The predicted octanol–water partition coefficient (Wildman–Crippen LogP) is 4.20. The number of carbonyl (C=O) groups is 2. The molecular formula is C22H26O5. The van der Waals surface area contributed by atoms with Gasteiger partial charge in [-0.15, -0.1) is 0 Å². The summed E-state index contributed by atoms with van der Waals surface area (Å²) in [6.45, 7) is 8.56. The Balaban J connectivity index is 2.38. The molecule has 2 aromatic carbocycles. The molecule has 2 rings (SSSR count). The molecule has 5 heteroatoms. The Bertz CT molecular complexity index is 839. The highest BCUT2D eigenvalue weighted by Gasteiger charge is 2.23. The standard InChI is InChI=1S/C22H26O5/c1-6-16-11-15(4)20(12-14(16)3)27-13-18-17(21(23)22(24)25-5)9-8-10-19(18)26-7-2/h8-12H,6-7,13H2,1-5H3. The Labute approximate surface area is 160 Å². The van der Waals surface area contributed by atoms with Crippen LogP contribution in [0.25, 0.3) is 0 Å². The lowest BCUT2D eigenvalue weighted by Crippen LogP contribution is -2.19. The maximum absolute atomic E-state index is 12.4. The molecule has 27 heavy (non-hydrogen) atoms. The monoisotopic (exact) mass is 370 g/mol. The van der Waals surface area contributed by atoms with E-state index in [1.165, 1.54) is 12.7 Å². The van der Waals surface area contributed by atoms with E-state index < -0.39 is 11.8 Å². The van der Waals surface area contributed by atoms with Crippen LogP contribution in [0.5, 0.6) is 11.5 Å². The number of ketones is 1. The fraction of sp³-hybridized carbons (Fsp3) is 0.364. The number of hydrogen-bond acceptors (Lipinski definition) is 5. The van der Waals surface area contributed by atoms with Crippen LogP contribution in [0, 0.1) is 13.8 Å². The van der Waals surface area contributed by atoms with E-state index in [0.717, 1.165) is 23.3 Å². The van der Waals surface area contributed by atoms with Crippen molar-refractivity contribution in [3.8, 4) is 11.5 Å². The largest absolute Gasteiger partial charge is 0.493 e. The summed E-state index contributed by atoms with van der Waals surface area (Å²) in [4.78, 5) is 24.1. The number of benzene rings is 2. The molecule has 0 unspecified atom stereocenters. The zero-order valence-corrected chi connectivity index (χ0v) is 16.5. The normalized spacial score (nSPS) is 10.4. The van der Waals surface area contributed by atoms with Crippen molar-refractivity contribution in [3.05, 3.63) is 58.1 Å². The first-order valence-electron chi connectivity index (χ1n) is 9.03. The highest BCUT2D eigenvalue weighted by molar-refractivity contribution is 6.41. The third-order valence-corrected chi connectivity index (χ3v) is 4.43. The molecule has 0 N–H and O–H groups in total. The lowest BCUT2D eigenvalue weighted by molar-refractivity contribution is -0.135. The molecule has 0 fully saturated rings. The quantitative estimate of drug-likeness (QED) is 0.396. The minimum absolute atomic E-state index is 0.111. The third kappa shape index (κ3) is 4.67. The summed E-state index contributed by atoms with van der Waals surface area (Å²) in [7, 11) is 1.18. The zero-order chi connectivity index (χ0) is 20.0. The molecule has 0 radical (unpaired) electrons. The van der Waals surface area contributed by atoms with Crippen LogP contribution in [0.2, 0.25) is 0 Å². The van der Waals surface area contributed by atoms with E-state index in [1.807, 2.05) is 26.8 Å². The molecule has 5 nitrogen and oxygen atoms in total. The van der Waals surface area contributed by atoms with Crippen molar-refractivity contribution in [2.45, 2.75) is 40.7 Å². The maximum Gasteiger partial charge on any atom is 0.379 e.